The molecule has 0 saturated heterocycles. The van der Waals surface area contributed by atoms with E-state index in [0.29, 0.717) is 5.56 Å². The van der Waals surface area contributed by atoms with E-state index < -0.39 is 29.6 Å². The molecule has 0 aromatic heterocycles. The summed E-state index contributed by atoms with van der Waals surface area (Å²) in [6.07, 6.45) is 0. The van der Waals surface area contributed by atoms with Gasteiger partial charge in [0.15, 0.2) is 18.7 Å². The number of fused-ring (bicyclic) bond motifs is 1. The normalized spacial score (nSPS) is 14.0. The van der Waals surface area contributed by atoms with E-state index in [4.69, 9.17) is 25.8 Å². The van der Waals surface area contributed by atoms with Crippen molar-refractivity contribution >= 4 is 23.5 Å². The molecule has 1 aliphatic heterocycles. The highest BCUT2D eigenvalue weighted by Crippen LogP contribution is 2.38. The highest BCUT2D eigenvalue weighted by atomic mass is 35.5. The molecule has 0 N–H and O–H groups in total. The maximum absolute atomic E-state index is 14.5. The fourth-order valence-corrected chi connectivity index (χ4v) is 3.35. The molecule has 1 heterocycles. The summed E-state index contributed by atoms with van der Waals surface area (Å²) in [7, 11) is 1.40. The Labute approximate surface area is 170 Å². The van der Waals surface area contributed by atoms with Crippen LogP contribution in [0.5, 0.6) is 5.75 Å². The van der Waals surface area contributed by atoms with E-state index in [9.17, 15) is 18.4 Å². The molecule has 0 aliphatic carbocycles. The van der Waals surface area contributed by atoms with E-state index in [2.05, 4.69) is 0 Å². The number of benzene rings is 2. The van der Waals surface area contributed by atoms with Gasteiger partial charge in [0.25, 0.3) is 5.91 Å². The Morgan fingerprint density at radius 1 is 1.28 bits per heavy atom. The quantitative estimate of drug-likeness (QED) is 0.498. The third-order valence-electron chi connectivity index (χ3n) is 4.42. The van der Waals surface area contributed by atoms with E-state index in [0.717, 1.165) is 17.0 Å². The Morgan fingerprint density at radius 3 is 2.72 bits per heavy atom. The Kier molecular flexibility index (Phi) is 6.34. The van der Waals surface area contributed by atoms with Gasteiger partial charge in [-0.2, -0.15) is 0 Å². The fourth-order valence-electron chi connectivity index (χ4n) is 3.19. The number of hydrogen-bond donors (Lipinski definition) is 0. The molecule has 0 fully saturated rings. The molecule has 0 bridgehead atoms. The minimum atomic E-state index is -1.35. The van der Waals surface area contributed by atoms with Crippen molar-refractivity contribution < 1.29 is 32.6 Å². The van der Waals surface area contributed by atoms with Gasteiger partial charge in [-0.25, -0.2) is 13.6 Å². The molecular formula is C20H18ClF2NO5. The summed E-state index contributed by atoms with van der Waals surface area (Å²) < 4.78 is 43.9. The number of nitrogens with zero attached hydrogens (tertiary/aromatic N) is 1. The molecule has 2 aromatic rings. The predicted octanol–water partition coefficient (Wildman–Crippen LogP) is 3.86. The molecule has 0 saturated carbocycles. The van der Waals surface area contributed by atoms with Gasteiger partial charge in [0.05, 0.1) is 17.2 Å². The number of esters is 1. The Bertz CT molecular complexity index is 953. The standard InChI is InChI=1S/C20H18ClF2NO5/c1-3-28-20(26)18(13-8-12(22)5-7-15(13)29-10-27-2)24-9-11-4-6-14(21)17(23)16(11)19(24)25/h4-8,18H,3,9-10H2,1-2H3. The van der Waals surface area contributed by atoms with Gasteiger partial charge >= 0.3 is 5.97 Å². The molecule has 2 aromatic carbocycles. The van der Waals surface area contributed by atoms with Crippen molar-refractivity contribution in [3.05, 3.63) is 63.7 Å². The molecule has 6 nitrogen and oxygen atoms in total. The van der Waals surface area contributed by atoms with Crippen LogP contribution < -0.4 is 4.74 Å². The van der Waals surface area contributed by atoms with E-state index in [1.807, 2.05) is 0 Å². The van der Waals surface area contributed by atoms with Crippen LogP contribution in [0.15, 0.2) is 30.3 Å². The topological polar surface area (TPSA) is 65.1 Å². The number of ether oxygens (including phenoxy) is 3. The summed E-state index contributed by atoms with van der Waals surface area (Å²) in [6.45, 7) is 1.40. The molecule has 1 aliphatic rings. The second-order valence-corrected chi connectivity index (χ2v) is 6.62. The highest BCUT2D eigenvalue weighted by Gasteiger charge is 2.41. The van der Waals surface area contributed by atoms with Crippen LogP contribution in [0.1, 0.15) is 34.5 Å². The van der Waals surface area contributed by atoms with E-state index in [1.54, 1.807) is 6.92 Å². The molecule has 1 atom stereocenters. The summed E-state index contributed by atoms with van der Waals surface area (Å²) in [5, 5.41) is -0.207. The number of hydrogen-bond acceptors (Lipinski definition) is 5. The van der Waals surface area contributed by atoms with Crippen LogP contribution in [0.3, 0.4) is 0 Å². The zero-order valence-electron chi connectivity index (χ0n) is 15.7. The second-order valence-electron chi connectivity index (χ2n) is 6.22. The van der Waals surface area contributed by atoms with Gasteiger partial charge in [-0.05, 0) is 36.8 Å². The van der Waals surface area contributed by atoms with Gasteiger partial charge in [-0.3, -0.25) is 4.79 Å². The average molecular weight is 426 g/mol. The van der Waals surface area contributed by atoms with E-state index in [-0.39, 0.29) is 41.8 Å². The van der Waals surface area contributed by atoms with Crippen LogP contribution in [0.4, 0.5) is 8.78 Å². The number of halogens is 3. The van der Waals surface area contributed by atoms with Crippen molar-refractivity contribution in [2.75, 3.05) is 20.5 Å². The number of amides is 1. The summed E-state index contributed by atoms with van der Waals surface area (Å²) in [4.78, 5) is 26.8. The lowest BCUT2D eigenvalue weighted by atomic mass is 10.0. The minimum absolute atomic E-state index is 0.0358. The van der Waals surface area contributed by atoms with Gasteiger partial charge in [-0.15, -0.1) is 0 Å². The van der Waals surface area contributed by atoms with Gasteiger partial charge in [0.1, 0.15) is 11.6 Å². The van der Waals surface area contributed by atoms with Crippen molar-refractivity contribution in [3.8, 4) is 5.75 Å². The van der Waals surface area contributed by atoms with Crippen LogP contribution >= 0.6 is 11.6 Å². The Balaban J connectivity index is 2.09. The molecule has 1 amide bonds. The van der Waals surface area contributed by atoms with E-state index in [1.165, 1.54) is 25.3 Å². The second kappa shape index (κ2) is 8.75. The third-order valence-corrected chi connectivity index (χ3v) is 4.71. The smallest absolute Gasteiger partial charge is 0.333 e. The van der Waals surface area contributed by atoms with Crippen molar-refractivity contribution in [2.45, 2.75) is 19.5 Å². The van der Waals surface area contributed by atoms with Gasteiger partial charge in [0.2, 0.25) is 0 Å². The van der Waals surface area contributed by atoms with Crippen molar-refractivity contribution in [3.63, 3.8) is 0 Å². The summed E-state index contributed by atoms with van der Waals surface area (Å²) >= 11 is 5.80. The number of rotatable bonds is 7. The van der Waals surface area contributed by atoms with Gasteiger partial charge in [-0.1, -0.05) is 17.7 Å². The minimum Gasteiger partial charge on any atom is -0.467 e. The van der Waals surface area contributed by atoms with Crippen LogP contribution in [-0.2, 0) is 20.8 Å². The molecule has 9 heteroatoms. The molecule has 3 rings (SSSR count). The van der Waals surface area contributed by atoms with Crippen molar-refractivity contribution in [1.82, 2.24) is 4.90 Å². The Morgan fingerprint density at radius 2 is 2.03 bits per heavy atom. The molecule has 1 unspecified atom stereocenters. The summed E-state index contributed by atoms with van der Waals surface area (Å²) in [5.74, 6) is -2.92. The SMILES string of the molecule is CCOC(=O)C(c1cc(F)ccc1OCOC)N1Cc2ccc(Cl)c(F)c2C1=O. The van der Waals surface area contributed by atoms with Crippen molar-refractivity contribution in [2.24, 2.45) is 0 Å². The number of methoxy groups -OCH3 is 1. The van der Waals surface area contributed by atoms with Crippen LogP contribution in [0.2, 0.25) is 5.02 Å². The predicted molar refractivity (Wildman–Crippen MR) is 99.6 cm³/mol. The third kappa shape index (κ3) is 4.04. The maximum Gasteiger partial charge on any atom is 0.333 e. The van der Waals surface area contributed by atoms with E-state index >= 15 is 0 Å². The van der Waals surface area contributed by atoms with Gasteiger partial charge in [0, 0.05) is 19.2 Å². The highest BCUT2D eigenvalue weighted by molar-refractivity contribution is 6.31. The maximum atomic E-state index is 14.5. The molecule has 0 spiro atoms. The van der Waals surface area contributed by atoms with Crippen molar-refractivity contribution in [1.29, 1.82) is 0 Å². The zero-order valence-corrected chi connectivity index (χ0v) is 16.5. The number of carbonyl (C=O) groups is 2. The average Bonchev–Trinajstić information content (AvgIpc) is 3.01. The molecule has 29 heavy (non-hydrogen) atoms. The fraction of sp³-hybridized carbons (Fsp3) is 0.300. The van der Waals surface area contributed by atoms with Crippen LogP contribution in [0, 0.1) is 11.6 Å². The van der Waals surface area contributed by atoms with Crippen LogP contribution in [0.25, 0.3) is 0 Å². The number of carbonyl (C=O) groups excluding carboxylic acids is 2. The summed E-state index contributed by atoms with van der Waals surface area (Å²) in [5.41, 5.74) is 0.206. The first-order valence-corrected chi connectivity index (χ1v) is 9.12. The molecule has 0 radical (unpaired) electrons. The largest absolute Gasteiger partial charge is 0.467 e. The lowest BCUT2D eigenvalue weighted by molar-refractivity contribution is -0.149. The first-order valence-electron chi connectivity index (χ1n) is 8.74. The van der Waals surface area contributed by atoms with Gasteiger partial charge < -0.3 is 19.1 Å². The lowest BCUT2D eigenvalue weighted by Crippen LogP contribution is -2.36. The first-order chi connectivity index (χ1) is 13.9. The zero-order chi connectivity index (χ0) is 21.1. The monoisotopic (exact) mass is 425 g/mol. The summed E-state index contributed by atoms with van der Waals surface area (Å²) in [6, 6.07) is 5.04. The Hall–Kier alpha value is -2.71. The lowest BCUT2D eigenvalue weighted by Gasteiger charge is -2.27. The molecule has 154 valence electrons. The van der Waals surface area contributed by atoms with Crippen LogP contribution in [-0.4, -0.2) is 37.3 Å². The molecular weight excluding hydrogens is 408 g/mol. The first kappa shape index (κ1) is 21.0.